The first-order valence-electron chi connectivity index (χ1n) is 6.15. The molecule has 2 nitrogen and oxygen atoms in total. The molecule has 0 radical (unpaired) electrons. The summed E-state index contributed by atoms with van der Waals surface area (Å²) in [4.78, 5) is 0. The van der Waals surface area contributed by atoms with E-state index >= 15 is 0 Å². The van der Waals surface area contributed by atoms with Crippen molar-refractivity contribution in [2.45, 2.75) is 26.2 Å². The number of hydrogen-bond acceptors (Lipinski definition) is 3. The van der Waals surface area contributed by atoms with Crippen molar-refractivity contribution in [3.05, 3.63) is 29.8 Å². The first-order valence-corrected chi connectivity index (χ1v) is 6.78. The van der Waals surface area contributed by atoms with Gasteiger partial charge < -0.3 is 10.1 Å². The zero-order chi connectivity index (χ0) is 12.7. The van der Waals surface area contributed by atoms with Crippen LogP contribution in [0.4, 0.5) is 0 Å². The molecule has 0 amide bonds. The fourth-order valence-corrected chi connectivity index (χ4v) is 1.91. The van der Waals surface area contributed by atoms with Gasteiger partial charge in [-0.1, -0.05) is 26.0 Å². The first kappa shape index (κ1) is 14.4. The molecule has 0 fully saturated rings. The molecular formula is C14H23NOS. The maximum atomic E-state index is 5.45. The zero-order valence-electron chi connectivity index (χ0n) is 11.0. The fourth-order valence-electron chi connectivity index (χ4n) is 1.75. The Balaban J connectivity index is 2.63. The summed E-state index contributed by atoms with van der Waals surface area (Å²) in [7, 11) is 0. The van der Waals surface area contributed by atoms with Crippen molar-refractivity contribution in [2.24, 2.45) is 0 Å². The van der Waals surface area contributed by atoms with Crippen LogP contribution in [0.1, 0.15) is 26.3 Å². The summed E-state index contributed by atoms with van der Waals surface area (Å²) >= 11 is 4.20. The van der Waals surface area contributed by atoms with Gasteiger partial charge in [0.2, 0.25) is 0 Å². The lowest BCUT2D eigenvalue weighted by Gasteiger charge is -2.26. The Labute approximate surface area is 110 Å². The predicted molar refractivity (Wildman–Crippen MR) is 77.4 cm³/mol. The van der Waals surface area contributed by atoms with Gasteiger partial charge >= 0.3 is 0 Å². The van der Waals surface area contributed by atoms with Crippen LogP contribution in [-0.4, -0.2) is 25.4 Å². The van der Waals surface area contributed by atoms with Crippen molar-refractivity contribution >= 4 is 12.6 Å². The molecule has 0 spiro atoms. The second-order valence-corrected chi connectivity index (χ2v) is 5.19. The lowest BCUT2D eigenvalue weighted by atomic mass is 9.84. The Morgan fingerprint density at radius 2 is 1.88 bits per heavy atom. The standard InChI is InChI=1S/C14H23NOS/c1-4-16-13-7-5-12(6-8-13)14(2,3)11-15-9-10-17/h5-8,15,17H,4,9-11H2,1-3H3. The molecule has 0 aliphatic heterocycles. The third kappa shape index (κ3) is 4.60. The van der Waals surface area contributed by atoms with Crippen molar-refractivity contribution in [3.63, 3.8) is 0 Å². The molecule has 1 aromatic rings. The first-order chi connectivity index (χ1) is 8.10. The second-order valence-electron chi connectivity index (χ2n) is 4.74. The minimum Gasteiger partial charge on any atom is -0.494 e. The zero-order valence-corrected chi connectivity index (χ0v) is 11.9. The summed E-state index contributed by atoms with van der Waals surface area (Å²) in [6.07, 6.45) is 0. The van der Waals surface area contributed by atoms with Gasteiger partial charge in [-0.15, -0.1) is 0 Å². The number of thiol groups is 1. The molecule has 1 N–H and O–H groups in total. The van der Waals surface area contributed by atoms with Crippen LogP contribution in [0.2, 0.25) is 0 Å². The van der Waals surface area contributed by atoms with E-state index < -0.39 is 0 Å². The molecule has 0 atom stereocenters. The molecule has 0 heterocycles. The summed E-state index contributed by atoms with van der Waals surface area (Å²) in [6.45, 7) is 9.11. The van der Waals surface area contributed by atoms with Crippen LogP contribution < -0.4 is 10.1 Å². The summed E-state index contributed by atoms with van der Waals surface area (Å²) in [5.74, 6) is 1.81. The molecule has 96 valence electrons. The van der Waals surface area contributed by atoms with E-state index in [1.165, 1.54) is 5.56 Å². The molecule has 0 saturated carbocycles. The van der Waals surface area contributed by atoms with Gasteiger partial charge in [0.05, 0.1) is 6.61 Å². The summed E-state index contributed by atoms with van der Waals surface area (Å²) < 4.78 is 5.45. The van der Waals surface area contributed by atoms with Crippen LogP contribution in [0.25, 0.3) is 0 Å². The number of hydrogen-bond donors (Lipinski definition) is 2. The van der Waals surface area contributed by atoms with E-state index in [-0.39, 0.29) is 5.41 Å². The minimum absolute atomic E-state index is 0.133. The molecule has 0 saturated heterocycles. The molecule has 0 bridgehead atoms. The average molecular weight is 253 g/mol. The lowest BCUT2D eigenvalue weighted by Crippen LogP contribution is -2.33. The second kappa shape index (κ2) is 6.92. The van der Waals surface area contributed by atoms with Gasteiger partial charge in [-0.05, 0) is 24.6 Å². The van der Waals surface area contributed by atoms with E-state index in [0.29, 0.717) is 6.61 Å². The topological polar surface area (TPSA) is 21.3 Å². The highest BCUT2D eigenvalue weighted by atomic mass is 32.1. The van der Waals surface area contributed by atoms with E-state index in [1.807, 2.05) is 19.1 Å². The van der Waals surface area contributed by atoms with E-state index in [2.05, 4.69) is 43.9 Å². The molecule has 0 unspecified atom stereocenters. The maximum Gasteiger partial charge on any atom is 0.119 e. The third-order valence-corrected chi connectivity index (χ3v) is 3.03. The van der Waals surface area contributed by atoms with E-state index in [0.717, 1.165) is 24.6 Å². The Morgan fingerprint density at radius 3 is 2.41 bits per heavy atom. The highest BCUT2D eigenvalue weighted by Gasteiger charge is 2.19. The highest BCUT2D eigenvalue weighted by molar-refractivity contribution is 7.80. The van der Waals surface area contributed by atoms with Crippen LogP contribution >= 0.6 is 12.6 Å². The molecule has 3 heteroatoms. The number of ether oxygens (including phenoxy) is 1. The van der Waals surface area contributed by atoms with Crippen molar-refractivity contribution in [2.75, 3.05) is 25.4 Å². The monoisotopic (exact) mass is 253 g/mol. The molecule has 0 aliphatic rings. The van der Waals surface area contributed by atoms with Crippen LogP contribution in [0.3, 0.4) is 0 Å². The van der Waals surface area contributed by atoms with Gasteiger partial charge in [0.15, 0.2) is 0 Å². The number of rotatable bonds is 7. The molecule has 1 rings (SSSR count). The SMILES string of the molecule is CCOc1ccc(C(C)(C)CNCCS)cc1. The largest absolute Gasteiger partial charge is 0.494 e. The minimum atomic E-state index is 0.133. The number of nitrogens with one attached hydrogen (secondary N) is 1. The molecular weight excluding hydrogens is 230 g/mol. The maximum absolute atomic E-state index is 5.45. The molecule has 17 heavy (non-hydrogen) atoms. The summed E-state index contributed by atoms with van der Waals surface area (Å²) in [6, 6.07) is 8.37. The van der Waals surface area contributed by atoms with Gasteiger partial charge in [-0.25, -0.2) is 0 Å². The van der Waals surface area contributed by atoms with E-state index in [9.17, 15) is 0 Å². The van der Waals surface area contributed by atoms with Crippen LogP contribution in [0.5, 0.6) is 5.75 Å². The number of benzene rings is 1. The highest BCUT2D eigenvalue weighted by Crippen LogP contribution is 2.24. The quantitative estimate of drug-likeness (QED) is 0.576. The Hall–Kier alpha value is -0.670. The predicted octanol–water partition coefficient (Wildman–Crippen LogP) is 2.88. The van der Waals surface area contributed by atoms with Crippen LogP contribution in [0.15, 0.2) is 24.3 Å². The van der Waals surface area contributed by atoms with Crippen LogP contribution in [0, 0.1) is 0 Å². The molecule has 0 aliphatic carbocycles. The van der Waals surface area contributed by atoms with Gasteiger partial charge in [0, 0.05) is 24.3 Å². The van der Waals surface area contributed by atoms with Crippen molar-refractivity contribution < 1.29 is 4.74 Å². The normalized spacial score (nSPS) is 11.5. The van der Waals surface area contributed by atoms with Gasteiger partial charge in [-0.3, -0.25) is 0 Å². The molecule has 1 aromatic carbocycles. The Kier molecular flexibility index (Phi) is 5.86. The van der Waals surface area contributed by atoms with Crippen molar-refractivity contribution in [1.82, 2.24) is 5.32 Å². The fraction of sp³-hybridized carbons (Fsp3) is 0.571. The third-order valence-electron chi connectivity index (χ3n) is 2.80. The smallest absolute Gasteiger partial charge is 0.119 e. The summed E-state index contributed by atoms with van der Waals surface area (Å²) in [5, 5.41) is 3.41. The Morgan fingerprint density at radius 1 is 1.24 bits per heavy atom. The molecule has 0 aromatic heterocycles. The lowest BCUT2D eigenvalue weighted by molar-refractivity contribution is 0.340. The van der Waals surface area contributed by atoms with E-state index in [4.69, 9.17) is 4.74 Å². The van der Waals surface area contributed by atoms with Gasteiger partial charge in [-0.2, -0.15) is 12.6 Å². The van der Waals surface area contributed by atoms with E-state index in [1.54, 1.807) is 0 Å². The van der Waals surface area contributed by atoms with Crippen molar-refractivity contribution in [3.8, 4) is 5.75 Å². The van der Waals surface area contributed by atoms with Crippen molar-refractivity contribution in [1.29, 1.82) is 0 Å². The van der Waals surface area contributed by atoms with Crippen LogP contribution in [-0.2, 0) is 5.41 Å². The summed E-state index contributed by atoms with van der Waals surface area (Å²) in [5.41, 5.74) is 1.46. The van der Waals surface area contributed by atoms with Gasteiger partial charge in [0.1, 0.15) is 5.75 Å². The average Bonchev–Trinajstić information content (AvgIpc) is 2.30. The van der Waals surface area contributed by atoms with Gasteiger partial charge in [0.25, 0.3) is 0 Å². The Bertz CT molecular complexity index is 321.